The maximum atomic E-state index is 11.8. The molecule has 1 aromatic rings. The first kappa shape index (κ1) is 17.3. The van der Waals surface area contributed by atoms with Crippen LogP contribution in [0.1, 0.15) is 33.6 Å². The van der Waals surface area contributed by atoms with Crippen LogP contribution in [-0.2, 0) is 0 Å². The highest BCUT2D eigenvalue weighted by atomic mass is 16.3. The number of aliphatic hydroxyl groups is 1. The highest BCUT2D eigenvalue weighted by Crippen LogP contribution is 2.17. The van der Waals surface area contributed by atoms with Crippen molar-refractivity contribution in [2.45, 2.75) is 39.2 Å². The second-order valence-corrected chi connectivity index (χ2v) is 5.94. The van der Waals surface area contributed by atoms with Crippen molar-refractivity contribution in [1.29, 1.82) is 0 Å². The Morgan fingerprint density at radius 1 is 1.29 bits per heavy atom. The van der Waals surface area contributed by atoms with Gasteiger partial charge < -0.3 is 20.6 Å². The molecule has 0 radical (unpaired) electrons. The van der Waals surface area contributed by atoms with Gasteiger partial charge in [0.05, 0.1) is 12.1 Å². The van der Waals surface area contributed by atoms with Gasteiger partial charge in [-0.3, -0.25) is 0 Å². The van der Waals surface area contributed by atoms with Crippen molar-refractivity contribution in [3.05, 3.63) is 24.3 Å². The number of nitrogens with one attached hydrogen (secondary N) is 2. The fraction of sp³-hybridized carbons (Fsp3) is 0.562. The standard InChI is InChI=1S/C16H27N3O2/c1-5-6-11-19(4)14-9-7-13(8-10-14)17-15(21)18-16(2,3)12-20/h7-10,20H,5-6,11-12H2,1-4H3,(H2,17,18,21). The Morgan fingerprint density at radius 3 is 2.43 bits per heavy atom. The van der Waals surface area contributed by atoms with Crippen molar-refractivity contribution in [1.82, 2.24) is 5.32 Å². The second kappa shape index (κ2) is 7.88. The molecule has 5 heteroatoms. The fourth-order valence-corrected chi connectivity index (χ4v) is 1.83. The molecule has 0 aliphatic heterocycles. The third kappa shape index (κ3) is 6.04. The molecular formula is C16H27N3O2. The molecule has 1 rings (SSSR count). The Kier molecular flexibility index (Phi) is 6.49. The quantitative estimate of drug-likeness (QED) is 0.724. The lowest BCUT2D eigenvalue weighted by molar-refractivity contribution is 0.187. The number of nitrogens with zero attached hydrogens (tertiary/aromatic N) is 1. The average Bonchev–Trinajstić information content (AvgIpc) is 2.45. The van der Waals surface area contributed by atoms with E-state index in [4.69, 9.17) is 5.11 Å². The van der Waals surface area contributed by atoms with E-state index in [0.29, 0.717) is 0 Å². The Labute approximate surface area is 127 Å². The minimum Gasteiger partial charge on any atom is -0.394 e. The minimum absolute atomic E-state index is 0.110. The van der Waals surface area contributed by atoms with Crippen LogP contribution in [0.4, 0.5) is 16.2 Å². The number of hydrogen-bond acceptors (Lipinski definition) is 3. The number of hydrogen-bond donors (Lipinski definition) is 3. The molecule has 1 aromatic carbocycles. The van der Waals surface area contributed by atoms with Crippen molar-refractivity contribution in [2.24, 2.45) is 0 Å². The Balaban J connectivity index is 2.56. The predicted molar refractivity (Wildman–Crippen MR) is 87.9 cm³/mol. The topological polar surface area (TPSA) is 64.6 Å². The van der Waals surface area contributed by atoms with E-state index in [0.717, 1.165) is 24.3 Å². The number of unbranched alkanes of at least 4 members (excludes halogenated alkanes) is 1. The molecule has 0 bridgehead atoms. The fourth-order valence-electron chi connectivity index (χ4n) is 1.83. The molecule has 5 nitrogen and oxygen atoms in total. The summed E-state index contributed by atoms with van der Waals surface area (Å²) in [5, 5.41) is 14.6. The lowest BCUT2D eigenvalue weighted by atomic mass is 10.1. The summed E-state index contributed by atoms with van der Waals surface area (Å²) in [4.78, 5) is 14.0. The number of amides is 2. The van der Waals surface area contributed by atoms with E-state index in [1.807, 2.05) is 24.3 Å². The molecule has 2 amide bonds. The largest absolute Gasteiger partial charge is 0.394 e. The maximum absolute atomic E-state index is 11.8. The van der Waals surface area contributed by atoms with E-state index in [-0.39, 0.29) is 12.6 Å². The summed E-state index contributed by atoms with van der Waals surface area (Å²) in [5.41, 5.74) is 1.23. The lowest BCUT2D eigenvalue weighted by Gasteiger charge is -2.23. The molecule has 0 aromatic heterocycles. The number of benzene rings is 1. The molecule has 0 saturated heterocycles. The molecule has 21 heavy (non-hydrogen) atoms. The zero-order valence-electron chi connectivity index (χ0n) is 13.4. The van der Waals surface area contributed by atoms with Crippen LogP contribution in [-0.4, -0.2) is 36.9 Å². The van der Waals surface area contributed by atoms with Gasteiger partial charge in [-0.05, 0) is 44.5 Å². The monoisotopic (exact) mass is 293 g/mol. The zero-order chi connectivity index (χ0) is 15.9. The predicted octanol–water partition coefficient (Wildman–Crippen LogP) is 2.82. The van der Waals surface area contributed by atoms with Crippen molar-refractivity contribution in [3.63, 3.8) is 0 Å². The third-order valence-corrected chi connectivity index (χ3v) is 3.26. The molecule has 0 unspecified atom stereocenters. The summed E-state index contributed by atoms with van der Waals surface area (Å²) < 4.78 is 0. The SMILES string of the molecule is CCCCN(C)c1ccc(NC(=O)NC(C)(C)CO)cc1. The van der Waals surface area contributed by atoms with Crippen molar-refractivity contribution >= 4 is 17.4 Å². The summed E-state index contributed by atoms with van der Waals surface area (Å²) >= 11 is 0. The third-order valence-electron chi connectivity index (χ3n) is 3.26. The van der Waals surface area contributed by atoms with Gasteiger partial charge in [0.15, 0.2) is 0 Å². The molecule has 0 atom stereocenters. The highest BCUT2D eigenvalue weighted by Gasteiger charge is 2.18. The van der Waals surface area contributed by atoms with Gasteiger partial charge in [-0.1, -0.05) is 13.3 Å². The van der Waals surface area contributed by atoms with Crippen molar-refractivity contribution in [2.75, 3.05) is 30.4 Å². The first-order valence-electron chi connectivity index (χ1n) is 7.39. The van der Waals surface area contributed by atoms with Crippen LogP contribution in [0, 0.1) is 0 Å². The van der Waals surface area contributed by atoms with Gasteiger partial charge in [-0.25, -0.2) is 4.79 Å². The summed E-state index contributed by atoms with van der Waals surface area (Å²) in [6.45, 7) is 6.61. The van der Waals surface area contributed by atoms with E-state index in [2.05, 4.69) is 29.5 Å². The van der Waals surface area contributed by atoms with E-state index in [1.54, 1.807) is 13.8 Å². The second-order valence-electron chi connectivity index (χ2n) is 5.94. The number of urea groups is 1. The van der Waals surface area contributed by atoms with E-state index in [1.165, 1.54) is 6.42 Å². The van der Waals surface area contributed by atoms with Gasteiger partial charge in [-0.15, -0.1) is 0 Å². The summed E-state index contributed by atoms with van der Waals surface area (Å²) in [5.74, 6) is 0. The van der Waals surface area contributed by atoms with Crippen LogP contribution < -0.4 is 15.5 Å². The van der Waals surface area contributed by atoms with Crippen LogP contribution in [0.2, 0.25) is 0 Å². The van der Waals surface area contributed by atoms with E-state index >= 15 is 0 Å². The summed E-state index contributed by atoms with van der Waals surface area (Å²) in [6, 6.07) is 7.42. The van der Waals surface area contributed by atoms with Crippen LogP contribution in [0.25, 0.3) is 0 Å². The van der Waals surface area contributed by atoms with Crippen molar-refractivity contribution < 1.29 is 9.90 Å². The molecule has 0 heterocycles. The van der Waals surface area contributed by atoms with Gasteiger partial charge in [0, 0.05) is 25.0 Å². The number of rotatable bonds is 7. The Bertz CT molecular complexity index is 443. The van der Waals surface area contributed by atoms with Gasteiger partial charge in [-0.2, -0.15) is 0 Å². The molecule has 0 saturated carbocycles. The number of aliphatic hydroxyl groups excluding tert-OH is 1. The van der Waals surface area contributed by atoms with Gasteiger partial charge >= 0.3 is 6.03 Å². The van der Waals surface area contributed by atoms with Crippen LogP contribution in [0.3, 0.4) is 0 Å². The highest BCUT2D eigenvalue weighted by molar-refractivity contribution is 5.89. The van der Waals surface area contributed by atoms with Gasteiger partial charge in [0.1, 0.15) is 0 Å². The number of carbonyl (C=O) groups excluding carboxylic acids is 1. The Hall–Kier alpha value is -1.75. The zero-order valence-corrected chi connectivity index (χ0v) is 13.4. The van der Waals surface area contributed by atoms with Crippen LogP contribution in [0.15, 0.2) is 24.3 Å². The van der Waals surface area contributed by atoms with Gasteiger partial charge in [0.25, 0.3) is 0 Å². The van der Waals surface area contributed by atoms with E-state index < -0.39 is 5.54 Å². The summed E-state index contributed by atoms with van der Waals surface area (Å²) in [6.07, 6.45) is 2.33. The van der Waals surface area contributed by atoms with E-state index in [9.17, 15) is 4.79 Å². The number of anilines is 2. The lowest BCUT2D eigenvalue weighted by Crippen LogP contribution is -2.48. The molecule has 118 valence electrons. The van der Waals surface area contributed by atoms with Crippen molar-refractivity contribution in [3.8, 4) is 0 Å². The molecule has 0 aliphatic carbocycles. The molecule has 0 aliphatic rings. The molecular weight excluding hydrogens is 266 g/mol. The first-order chi connectivity index (χ1) is 9.88. The first-order valence-corrected chi connectivity index (χ1v) is 7.39. The minimum atomic E-state index is -0.635. The maximum Gasteiger partial charge on any atom is 0.319 e. The molecule has 3 N–H and O–H groups in total. The molecule has 0 fully saturated rings. The normalized spacial score (nSPS) is 11.1. The molecule has 0 spiro atoms. The summed E-state index contributed by atoms with van der Waals surface area (Å²) in [7, 11) is 2.06. The van der Waals surface area contributed by atoms with Gasteiger partial charge in [0.2, 0.25) is 0 Å². The smallest absolute Gasteiger partial charge is 0.319 e. The average molecular weight is 293 g/mol. The van der Waals surface area contributed by atoms with Crippen LogP contribution in [0.5, 0.6) is 0 Å². The van der Waals surface area contributed by atoms with Crippen LogP contribution >= 0.6 is 0 Å². The number of carbonyl (C=O) groups is 1. The Morgan fingerprint density at radius 2 is 1.90 bits per heavy atom.